The zero-order chi connectivity index (χ0) is 23.9. The average Bonchev–Trinajstić information content (AvgIpc) is 3.53. The van der Waals surface area contributed by atoms with Gasteiger partial charge in [0.2, 0.25) is 0 Å². The van der Waals surface area contributed by atoms with Gasteiger partial charge in [-0.05, 0) is 37.1 Å². The molecule has 3 aromatic heterocycles. The Morgan fingerprint density at radius 2 is 2.03 bits per heavy atom. The Morgan fingerprint density at radius 1 is 1.21 bits per heavy atom. The summed E-state index contributed by atoms with van der Waals surface area (Å²) in [7, 11) is 0. The number of aromatic nitrogens is 3. The molecule has 5 rings (SSSR count). The van der Waals surface area contributed by atoms with E-state index in [-0.39, 0.29) is 23.2 Å². The van der Waals surface area contributed by atoms with Crippen LogP contribution in [0.15, 0.2) is 54.2 Å². The summed E-state index contributed by atoms with van der Waals surface area (Å²) >= 11 is 1.35. The van der Waals surface area contributed by atoms with E-state index in [4.69, 9.17) is 0 Å². The Labute approximate surface area is 195 Å². The Hall–Kier alpha value is -3.47. The van der Waals surface area contributed by atoms with Gasteiger partial charge in [-0.3, -0.25) is 9.20 Å². The number of likely N-dealkylation sites (tertiary alicyclic amines) is 1. The molecule has 1 fully saturated rings. The van der Waals surface area contributed by atoms with Crippen LogP contribution in [0.25, 0.3) is 16.2 Å². The fourth-order valence-corrected chi connectivity index (χ4v) is 4.88. The van der Waals surface area contributed by atoms with E-state index in [2.05, 4.69) is 15.3 Å². The highest BCUT2D eigenvalue weighted by Crippen LogP contribution is 2.32. The van der Waals surface area contributed by atoms with Crippen molar-refractivity contribution in [1.29, 1.82) is 0 Å². The van der Waals surface area contributed by atoms with Crippen molar-refractivity contribution >= 4 is 28.0 Å². The first-order chi connectivity index (χ1) is 16.3. The molecule has 1 amide bonds. The first-order valence-corrected chi connectivity index (χ1v) is 11.5. The number of fused-ring (bicyclic) bond motifs is 1. The number of halogens is 4. The van der Waals surface area contributed by atoms with Gasteiger partial charge in [-0.1, -0.05) is 12.1 Å². The van der Waals surface area contributed by atoms with E-state index in [1.807, 2.05) is 5.38 Å². The van der Waals surface area contributed by atoms with Gasteiger partial charge in [-0.15, -0.1) is 11.3 Å². The molecule has 1 aliphatic rings. The van der Waals surface area contributed by atoms with Crippen molar-refractivity contribution < 1.29 is 22.4 Å². The summed E-state index contributed by atoms with van der Waals surface area (Å²) in [6.07, 6.45) is -0.437. The van der Waals surface area contributed by atoms with Crippen molar-refractivity contribution in [3.05, 3.63) is 71.2 Å². The summed E-state index contributed by atoms with van der Waals surface area (Å²) in [5.74, 6) is -0.437. The van der Waals surface area contributed by atoms with Crippen molar-refractivity contribution in [2.24, 2.45) is 0 Å². The van der Waals surface area contributed by atoms with E-state index < -0.39 is 17.6 Å². The topological polar surface area (TPSA) is 62.5 Å². The maximum Gasteiger partial charge on any atom is 0.417 e. The van der Waals surface area contributed by atoms with Crippen molar-refractivity contribution in [2.45, 2.75) is 25.1 Å². The average molecular weight is 489 g/mol. The maximum absolute atomic E-state index is 14.6. The van der Waals surface area contributed by atoms with E-state index >= 15 is 0 Å². The number of thiazole rings is 1. The second-order valence-electron chi connectivity index (χ2n) is 7.95. The largest absolute Gasteiger partial charge is 0.417 e. The SMILES string of the molecule is O=C(c1c(-c2ccccc2F)nc2sccn12)N1CCC[C@H]1CNc1ccc(C(F)(F)F)cn1. The molecule has 0 spiro atoms. The molecule has 6 nitrogen and oxygen atoms in total. The third-order valence-corrected chi connectivity index (χ3v) is 6.60. The molecule has 0 bridgehead atoms. The van der Waals surface area contributed by atoms with Crippen LogP contribution >= 0.6 is 11.3 Å². The number of carbonyl (C=O) groups is 1. The van der Waals surface area contributed by atoms with Gasteiger partial charge >= 0.3 is 6.18 Å². The minimum Gasteiger partial charge on any atom is -0.368 e. The molecule has 1 N–H and O–H groups in total. The molecule has 0 unspecified atom stereocenters. The summed E-state index contributed by atoms with van der Waals surface area (Å²) in [6, 6.07) is 8.23. The van der Waals surface area contributed by atoms with Gasteiger partial charge in [0.05, 0.1) is 5.56 Å². The molecular formula is C23H19F4N5OS. The number of hydrogen-bond acceptors (Lipinski definition) is 5. The zero-order valence-electron chi connectivity index (χ0n) is 17.7. The van der Waals surface area contributed by atoms with Crippen LogP contribution in [0.3, 0.4) is 0 Å². The summed E-state index contributed by atoms with van der Waals surface area (Å²) in [5, 5.41) is 4.84. The van der Waals surface area contributed by atoms with Gasteiger partial charge in [0.1, 0.15) is 23.0 Å². The predicted octanol–water partition coefficient (Wildman–Crippen LogP) is 5.33. The van der Waals surface area contributed by atoms with Crippen LogP contribution in [0.5, 0.6) is 0 Å². The van der Waals surface area contributed by atoms with Gasteiger partial charge in [0, 0.05) is 42.5 Å². The van der Waals surface area contributed by atoms with Crippen molar-refractivity contribution in [1.82, 2.24) is 19.3 Å². The van der Waals surface area contributed by atoms with Crippen molar-refractivity contribution in [3.63, 3.8) is 0 Å². The summed E-state index contributed by atoms with van der Waals surface area (Å²) in [4.78, 5) is 24.3. The molecule has 0 aliphatic carbocycles. The molecule has 4 heterocycles. The molecule has 1 saturated heterocycles. The highest BCUT2D eigenvalue weighted by molar-refractivity contribution is 7.15. The van der Waals surface area contributed by atoms with Crippen LogP contribution in [0.1, 0.15) is 28.9 Å². The van der Waals surface area contributed by atoms with E-state index in [9.17, 15) is 22.4 Å². The lowest BCUT2D eigenvalue weighted by molar-refractivity contribution is -0.137. The summed E-state index contributed by atoms with van der Waals surface area (Å²) < 4.78 is 54.5. The van der Waals surface area contributed by atoms with E-state index in [1.165, 1.54) is 23.5 Å². The van der Waals surface area contributed by atoms with Gasteiger partial charge in [0.25, 0.3) is 5.91 Å². The number of hydrogen-bond donors (Lipinski definition) is 1. The van der Waals surface area contributed by atoms with Crippen LogP contribution in [0, 0.1) is 5.82 Å². The molecule has 11 heteroatoms. The number of alkyl halides is 3. The second kappa shape index (κ2) is 8.71. The molecule has 4 aromatic rings. The number of nitrogens with one attached hydrogen (secondary N) is 1. The van der Waals surface area contributed by atoms with Gasteiger partial charge < -0.3 is 10.2 Å². The standard InChI is InChI=1S/C23H19F4N5OS/c24-17-6-2-1-5-16(17)19-20(32-10-11-34-22(32)30-19)21(33)31-9-3-4-15(31)13-29-18-8-7-14(12-28-18)23(25,26)27/h1-2,5-8,10-12,15H,3-4,9,13H2,(H,28,29)/t15-/m0/s1. The fourth-order valence-electron chi connectivity index (χ4n) is 4.17. The zero-order valence-corrected chi connectivity index (χ0v) is 18.5. The third kappa shape index (κ3) is 4.11. The van der Waals surface area contributed by atoms with Gasteiger partial charge in [0.15, 0.2) is 4.96 Å². The number of amides is 1. The molecule has 1 atom stereocenters. The highest BCUT2D eigenvalue weighted by atomic mass is 32.1. The number of pyridine rings is 1. The van der Waals surface area contributed by atoms with Gasteiger partial charge in [-0.2, -0.15) is 13.2 Å². The number of rotatable bonds is 5. The number of anilines is 1. The number of imidazole rings is 1. The Kier molecular flexibility index (Phi) is 5.72. The fraction of sp³-hybridized carbons (Fsp3) is 0.261. The molecule has 34 heavy (non-hydrogen) atoms. The molecule has 0 saturated carbocycles. The molecular weight excluding hydrogens is 470 g/mol. The van der Waals surface area contributed by atoms with Crippen molar-refractivity contribution in [3.8, 4) is 11.3 Å². The van der Waals surface area contributed by atoms with Crippen LogP contribution in [-0.4, -0.2) is 44.3 Å². The van der Waals surface area contributed by atoms with Crippen LogP contribution in [-0.2, 0) is 6.18 Å². The second-order valence-corrected chi connectivity index (χ2v) is 8.82. The lowest BCUT2D eigenvalue weighted by atomic mass is 10.1. The first-order valence-electron chi connectivity index (χ1n) is 10.6. The van der Waals surface area contributed by atoms with Crippen LogP contribution in [0.2, 0.25) is 0 Å². The van der Waals surface area contributed by atoms with E-state index in [0.717, 1.165) is 25.1 Å². The molecule has 176 valence electrons. The Bertz CT molecular complexity index is 1330. The predicted molar refractivity (Wildman–Crippen MR) is 120 cm³/mol. The van der Waals surface area contributed by atoms with Crippen molar-refractivity contribution in [2.75, 3.05) is 18.4 Å². The normalized spacial score (nSPS) is 16.4. The maximum atomic E-state index is 14.6. The summed E-state index contributed by atoms with van der Waals surface area (Å²) in [6.45, 7) is 0.838. The first kappa shape index (κ1) is 22.3. The van der Waals surface area contributed by atoms with Crippen LogP contribution < -0.4 is 5.32 Å². The van der Waals surface area contributed by atoms with E-state index in [1.54, 1.807) is 33.7 Å². The molecule has 1 aliphatic heterocycles. The number of carbonyl (C=O) groups excluding carboxylic acids is 1. The minimum atomic E-state index is -4.45. The minimum absolute atomic E-state index is 0.200. The summed E-state index contributed by atoms with van der Waals surface area (Å²) in [5.41, 5.74) is 0.0142. The van der Waals surface area contributed by atoms with E-state index in [0.29, 0.717) is 29.6 Å². The monoisotopic (exact) mass is 489 g/mol. The molecule has 0 radical (unpaired) electrons. The number of nitrogens with zero attached hydrogens (tertiary/aromatic N) is 4. The lowest BCUT2D eigenvalue weighted by Gasteiger charge is -2.25. The third-order valence-electron chi connectivity index (χ3n) is 5.84. The van der Waals surface area contributed by atoms with Crippen LogP contribution in [0.4, 0.5) is 23.4 Å². The lowest BCUT2D eigenvalue weighted by Crippen LogP contribution is -2.40. The van der Waals surface area contributed by atoms with Gasteiger partial charge in [-0.25, -0.2) is 14.4 Å². The Morgan fingerprint density at radius 3 is 2.76 bits per heavy atom. The Balaban J connectivity index is 1.39. The number of benzene rings is 1. The smallest absolute Gasteiger partial charge is 0.368 e. The quantitative estimate of drug-likeness (QED) is 0.385. The highest BCUT2D eigenvalue weighted by Gasteiger charge is 2.34. The molecule has 1 aromatic carbocycles.